The SMILES string of the molecule is CC(C)CN(CC(C)C)C(=S)Nc1ccc(C(C)C)cc1. The highest BCUT2D eigenvalue weighted by Crippen LogP contribution is 2.18. The highest BCUT2D eigenvalue weighted by molar-refractivity contribution is 7.80. The second kappa shape index (κ2) is 8.38. The molecule has 2 nitrogen and oxygen atoms in total. The third-order valence-corrected chi connectivity index (χ3v) is 3.65. The fourth-order valence-electron chi connectivity index (χ4n) is 2.28. The van der Waals surface area contributed by atoms with Gasteiger partial charge in [0.15, 0.2) is 5.11 Å². The Bertz CT molecular complexity index is 425. The van der Waals surface area contributed by atoms with Crippen LogP contribution in [0.25, 0.3) is 0 Å². The minimum Gasteiger partial charge on any atom is -0.349 e. The van der Waals surface area contributed by atoms with E-state index in [4.69, 9.17) is 12.2 Å². The Kier molecular flexibility index (Phi) is 7.16. The second-order valence-electron chi connectivity index (χ2n) is 6.90. The van der Waals surface area contributed by atoms with Crippen LogP contribution in [0.1, 0.15) is 53.0 Å². The molecule has 0 spiro atoms. The van der Waals surface area contributed by atoms with Gasteiger partial charge in [-0.15, -0.1) is 0 Å². The van der Waals surface area contributed by atoms with Crippen LogP contribution in [0.5, 0.6) is 0 Å². The molecule has 0 bridgehead atoms. The Morgan fingerprint density at radius 3 is 1.81 bits per heavy atom. The van der Waals surface area contributed by atoms with Gasteiger partial charge in [0.2, 0.25) is 0 Å². The summed E-state index contributed by atoms with van der Waals surface area (Å²) in [5.41, 5.74) is 2.43. The molecule has 0 saturated carbocycles. The molecule has 1 aromatic carbocycles. The molecule has 0 fully saturated rings. The molecule has 0 aliphatic rings. The minimum absolute atomic E-state index is 0.560. The zero-order chi connectivity index (χ0) is 16.0. The van der Waals surface area contributed by atoms with Crippen LogP contribution in [-0.4, -0.2) is 23.1 Å². The van der Waals surface area contributed by atoms with Gasteiger partial charge in [0.25, 0.3) is 0 Å². The topological polar surface area (TPSA) is 15.3 Å². The van der Waals surface area contributed by atoms with Gasteiger partial charge in [-0.3, -0.25) is 0 Å². The van der Waals surface area contributed by atoms with Gasteiger partial charge < -0.3 is 10.2 Å². The molecule has 118 valence electrons. The number of hydrogen-bond donors (Lipinski definition) is 1. The summed E-state index contributed by atoms with van der Waals surface area (Å²) < 4.78 is 0. The van der Waals surface area contributed by atoms with E-state index in [-0.39, 0.29) is 0 Å². The molecule has 3 heteroatoms. The average molecular weight is 307 g/mol. The molecule has 0 amide bonds. The van der Waals surface area contributed by atoms with Gasteiger partial charge in [0.1, 0.15) is 0 Å². The van der Waals surface area contributed by atoms with E-state index in [1.807, 2.05) is 0 Å². The molecule has 0 saturated heterocycles. The summed E-state index contributed by atoms with van der Waals surface area (Å²) >= 11 is 5.59. The lowest BCUT2D eigenvalue weighted by Gasteiger charge is -2.29. The molecule has 0 radical (unpaired) electrons. The first-order chi connectivity index (χ1) is 9.79. The summed E-state index contributed by atoms with van der Waals surface area (Å²) in [5, 5.41) is 4.20. The maximum Gasteiger partial charge on any atom is 0.173 e. The fourth-order valence-corrected chi connectivity index (χ4v) is 2.54. The van der Waals surface area contributed by atoms with E-state index in [2.05, 4.69) is 76.0 Å². The van der Waals surface area contributed by atoms with Gasteiger partial charge in [-0.25, -0.2) is 0 Å². The molecule has 0 unspecified atom stereocenters. The quantitative estimate of drug-likeness (QED) is 0.734. The van der Waals surface area contributed by atoms with Crippen LogP contribution in [0, 0.1) is 11.8 Å². The fraction of sp³-hybridized carbons (Fsp3) is 0.611. The van der Waals surface area contributed by atoms with Crippen molar-refractivity contribution >= 4 is 23.0 Å². The van der Waals surface area contributed by atoms with Gasteiger partial charge in [-0.05, 0) is 47.7 Å². The Balaban J connectivity index is 2.71. The van der Waals surface area contributed by atoms with Crippen molar-refractivity contribution < 1.29 is 0 Å². The van der Waals surface area contributed by atoms with Gasteiger partial charge in [0.05, 0.1) is 0 Å². The van der Waals surface area contributed by atoms with Crippen molar-refractivity contribution in [3.63, 3.8) is 0 Å². The summed E-state index contributed by atoms with van der Waals surface area (Å²) in [6, 6.07) is 8.57. The summed E-state index contributed by atoms with van der Waals surface area (Å²) in [4.78, 5) is 2.28. The lowest BCUT2D eigenvalue weighted by Crippen LogP contribution is -2.39. The molecule has 0 heterocycles. The van der Waals surface area contributed by atoms with E-state index in [9.17, 15) is 0 Å². The van der Waals surface area contributed by atoms with Crippen molar-refractivity contribution in [2.75, 3.05) is 18.4 Å². The van der Waals surface area contributed by atoms with Gasteiger partial charge in [-0.2, -0.15) is 0 Å². The largest absolute Gasteiger partial charge is 0.349 e. The van der Waals surface area contributed by atoms with E-state index < -0.39 is 0 Å². The van der Waals surface area contributed by atoms with E-state index >= 15 is 0 Å². The summed E-state index contributed by atoms with van der Waals surface area (Å²) in [6.45, 7) is 15.3. The molecule has 0 atom stereocenters. The molecule has 0 aliphatic carbocycles. The van der Waals surface area contributed by atoms with Crippen molar-refractivity contribution in [2.45, 2.75) is 47.5 Å². The summed E-state index contributed by atoms with van der Waals surface area (Å²) in [7, 11) is 0. The summed E-state index contributed by atoms with van der Waals surface area (Å²) in [6.07, 6.45) is 0. The predicted molar refractivity (Wildman–Crippen MR) is 98.0 cm³/mol. The number of nitrogens with one attached hydrogen (secondary N) is 1. The third-order valence-electron chi connectivity index (χ3n) is 3.29. The third kappa shape index (κ3) is 6.47. The van der Waals surface area contributed by atoms with E-state index in [1.165, 1.54) is 5.56 Å². The van der Waals surface area contributed by atoms with Crippen LogP contribution in [-0.2, 0) is 0 Å². The molecular formula is C18H30N2S. The van der Waals surface area contributed by atoms with Crippen molar-refractivity contribution in [3.05, 3.63) is 29.8 Å². The predicted octanol–water partition coefficient (Wildman–Crippen LogP) is 5.12. The van der Waals surface area contributed by atoms with E-state index in [0.29, 0.717) is 17.8 Å². The van der Waals surface area contributed by atoms with Crippen molar-refractivity contribution in [3.8, 4) is 0 Å². The van der Waals surface area contributed by atoms with Gasteiger partial charge in [0, 0.05) is 18.8 Å². The number of anilines is 1. The molecule has 0 aromatic heterocycles. The number of benzene rings is 1. The zero-order valence-corrected chi connectivity index (χ0v) is 15.1. The lowest BCUT2D eigenvalue weighted by molar-refractivity contribution is 0.332. The smallest absolute Gasteiger partial charge is 0.173 e. The second-order valence-corrected chi connectivity index (χ2v) is 7.29. The van der Waals surface area contributed by atoms with Crippen molar-refractivity contribution in [1.29, 1.82) is 0 Å². The van der Waals surface area contributed by atoms with Crippen LogP contribution in [0.15, 0.2) is 24.3 Å². The Morgan fingerprint density at radius 2 is 1.43 bits per heavy atom. The lowest BCUT2D eigenvalue weighted by atomic mass is 10.0. The highest BCUT2D eigenvalue weighted by Gasteiger charge is 2.13. The van der Waals surface area contributed by atoms with E-state index in [0.717, 1.165) is 23.9 Å². The van der Waals surface area contributed by atoms with Crippen molar-refractivity contribution in [1.82, 2.24) is 4.90 Å². The molecule has 1 aromatic rings. The molecule has 21 heavy (non-hydrogen) atoms. The van der Waals surface area contributed by atoms with Crippen LogP contribution < -0.4 is 5.32 Å². The number of hydrogen-bond acceptors (Lipinski definition) is 1. The minimum atomic E-state index is 0.560. The van der Waals surface area contributed by atoms with Crippen molar-refractivity contribution in [2.24, 2.45) is 11.8 Å². The molecule has 0 aliphatic heterocycles. The zero-order valence-electron chi connectivity index (χ0n) is 14.3. The first-order valence-electron chi connectivity index (χ1n) is 7.95. The van der Waals surface area contributed by atoms with Gasteiger partial charge >= 0.3 is 0 Å². The maximum atomic E-state index is 5.59. The van der Waals surface area contributed by atoms with Gasteiger partial charge in [-0.1, -0.05) is 53.7 Å². The van der Waals surface area contributed by atoms with E-state index in [1.54, 1.807) is 0 Å². The first-order valence-corrected chi connectivity index (χ1v) is 8.36. The highest BCUT2D eigenvalue weighted by atomic mass is 32.1. The maximum absolute atomic E-state index is 5.59. The Labute approximate surface area is 135 Å². The number of thiocarbonyl (C=S) groups is 1. The average Bonchev–Trinajstić information content (AvgIpc) is 2.37. The first kappa shape index (κ1) is 18.0. The molecular weight excluding hydrogens is 276 g/mol. The Hall–Kier alpha value is -1.09. The monoisotopic (exact) mass is 306 g/mol. The van der Waals surface area contributed by atoms with Crippen LogP contribution in [0.2, 0.25) is 0 Å². The molecule has 1 rings (SSSR count). The molecule has 1 N–H and O–H groups in total. The van der Waals surface area contributed by atoms with Crippen LogP contribution in [0.4, 0.5) is 5.69 Å². The number of rotatable bonds is 6. The standard InChI is InChI=1S/C18H30N2S/c1-13(2)11-20(12-14(3)4)18(21)19-17-9-7-16(8-10-17)15(5)6/h7-10,13-15H,11-12H2,1-6H3,(H,19,21). The summed E-state index contributed by atoms with van der Waals surface area (Å²) in [5.74, 6) is 1.77. The van der Waals surface area contributed by atoms with Crippen LogP contribution >= 0.6 is 12.2 Å². The Morgan fingerprint density at radius 1 is 0.952 bits per heavy atom. The van der Waals surface area contributed by atoms with Crippen LogP contribution in [0.3, 0.4) is 0 Å². The number of nitrogens with zero attached hydrogens (tertiary/aromatic N) is 1. The normalized spacial score (nSPS) is 11.3.